The lowest BCUT2D eigenvalue weighted by molar-refractivity contribution is 0.0841. The summed E-state index contributed by atoms with van der Waals surface area (Å²) < 4.78 is 18.2. The molecule has 0 aliphatic carbocycles. The van der Waals surface area contributed by atoms with Crippen LogP contribution in [0.25, 0.3) is 5.69 Å². The Hall–Kier alpha value is -4.21. The zero-order valence-corrected chi connectivity index (χ0v) is 18.6. The first-order chi connectivity index (χ1) is 16.0. The van der Waals surface area contributed by atoms with Gasteiger partial charge in [-0.15, -0.1) is 0 Å². The molecule has 0 aliphatic rings. The van der Waals surface area contributed by atoms with Crippen molar-refractivity contribution < 1.29 is 28.9 Å². The first kappa shape index (κ1) is 23.5. The lowest BCUT2D eigenvalue weighted by Crippen LogP contribution is -2.41. The molecule has 10 heteroatoms. The van der Waals surface area contributed by atoms with Gasteiger partial charge in [-0.2, -0.15) is 5.10 Å². The molecule has 3 rings (SSSR count). The van der Waals surface area contributed by atoms with Crippen LogP contribution in [0.4, 0.5) is 0 Å². The molecule has 0 atom stereocenters. The number of nitrogens with zero attached hydrogens (tertiary/aromatic N) is 2. The molecule has 3 aromatic rings. The van der Waals surface area contributed by atoms with Crippen molar-refractivity contribution in [3.05, 3.63) is 59.9 Å². The molecule has 0 aliphatic heterocycles. The van der Waals surface area contributed by atoms with Gasteiger partial charge in [0.1, 0.15) is 0 Å². The van der Waals surface area contributed by atoms with E-state index in [1.165, 1.54) is 23.0 Å². The molecule has 0 fully saturated rings. The number of hydrazine groups is 1. The van der Waals surface area contributed by atoms with E-state index in [2.05, 4.69) is 16.0 Å². The van der Waals surface area contributed by atoms with E-state index in [0.717, 1.165) is 0 Å². The topological polar surface area (TPSA) is 124 Å². The molecule has 2 amide bonds. The van der Waals surface area contributed by atoms with Gasteiger partial charge >= 0.3 is 0 Å². The molecule has 174 valence electrons. The van der Waals surface area contributed by atoms with Crippen molar-refractivity contribution in [3.63, 3.8) is 0 Å². The summed E-state index contributed by atoms with van der Waals surface area (Å²) in [4.78, 5) is 25.2. The molecule has 1 aromatic heterocycles. The van der Waals surface area contributed by atoms with Crippen LogP contribution < -0.4 is 25.1 Å². The van der Waals surface area contributed by atoms with Gasteiger partial charge in [0.05, 0.1) is 31.7 Å². The molecule has 10 nitrogen and oxygen atoms in total. The van der Waals surface area contributed by atoms with E-state index in [-0.39, 0.29) is 17.0 Å². The number of carbonyl (C=O) groups excluding carboxylic acids is 2. The average Bonchev–Trinajstić information content (AvgIpc) is 3.21. The SMILES string of the molecule is CCOc1cc(C(=O)NNC(=O)c2nn(-c3ccccc3)cc2O)cc(OCC)c1OCC. The molecular formula is C23H26N4O6. The molecule has 33 heavy (non-hydrogen) atoms. The standard InChI is InChI=1S/C23H26N4O6/c1-4-31-18-12-15(13-19(32-5-2)21(18)33-6-3)22(29)24-25-23(30)20-17(28)14-27(26-20)16-10-8-7-9-11-16/h7-14,28H,4-6H2,1-3H3,(H,24,29)(H,25,30). The summed E-state index contributed by atoms with van der Waals surface area (Å²) in [5.41, 5.74) is 5.18. The number of benzene rings is 2. The molecule has 0 bridgehead atoms. The van der Waals surface area contributed by atoms with Crippen LogP contribution in [0, 0.1) is 0 Å². The predicted octanol–water partition coefficient (Wildman–Crippen LogP) is 2.85. The zero-order valence-electron chi connectivity index (χ0n) is 18.6. The van der Waals surface area contributed by atoms with Gasteiger partial charge in [0.25, 0.3) is 11.8 Å². The minimum atomic E-state index is -0.781. The lowest BCUT2D eigenvalue weighted by atomic mass is 10.1. The first-order valence-corrected chi connectivity index (χ1v) is 10.5. The number of carbonyl (C=O) groups is 2. The summed E-state index contributed by atoms with van der Waals surface area (Å²) in [6.07, 6.45) is 1.31. The number of ether oxygens (including phenoxy) is 3. The van der Waals surface area contributed by atoms with Crippen molar-refractivity contribution in [2.24, 2.45) is 0 Å². The normalized spacial score (nSPS) is 10.4. The zero-order chi connectivity index (χ0) is 23.8. The van der Waals surface area contributed by atoms with Crippen molar-refractivity contribution in [2.75, 3.05) is 19.8 Å². The first-order valence-electron chi connectivity index (χ1n) is 10.5. The highest BCUT2D eigenvalue weighted by molar-refractivity contribution is 6.00. The molecule has 0 radical (unpaired) electrons. The van der Waals surface area contributed by atoms with E-state index in [1.807, 2.05) is 26.8 Å². The summed E-state index contributed by atoms with van der Waals surface area (Å²) in [6.45, 7) is 6.55. The van der Waals surface area contributed by atoms with Gasteiger partial charge in [0, 0.05) is 5.56 Å². The Labute approximate surface area is 191 Å². The van der Waals surface area contributed by atoms with Gasteiger partial charge in [-0.25, -0.2) is 4.68 Å². The molecule has 0 saturated carbocycles. The fourth-order valence-corrected chi connectivity index (χ4v) is 3.00. The van der Waals surface area contributed by atoms with Gasteiger partial charge in [-0.05, 0) is 45.0 Å². The van der Waals surface area contributed by atoms with E-state index in [9.17, 15) is 14.7 Å². The number of aromatic nitrogens is 2. The van der Waals surface area contributed by atoms with E-state index < -0.39 is 11.8 Å². The summed E-state index contributed by atoms with van der Waals surface area (Å²) in [6, 6.07) is 12.0. The Morgan fingerprint density at radius 2 is 1.48 bits per heavy atom. The van der Waals surface area contributed by atoms with Crippen molar-refractivity contribution in [1.29, 1.82) is 0 Å². The Morgan fingerprint density at radius 1 is 0.909 bits per heavy atom. The molecule has 0 saturated heterocycles. The fraction of sp³-hybridized carbons (Fsp3) is 0.261. The van der Waals surface area contributed by atoms with Crippen LogP contribution >= 0.6 is 0 Å². The molecule has 1 heterocycles. The van der Waals surface area contributed by atoms with Crippen molar-refractivity contribution in [1.82, 2.24) is 20.6 Å². The highest BCUT2D eigenvalue weighted by atomic mass is 16.5. The summed E-state index contributed by atoms with van der Waals surface area (Å²) in [5, 5.41) is 14.2. The maximum absolute atomic E-state index is 12.7. The van der Waals surface area contributed by atoms with Crippen LogP contribution in [0.5, 0.6) is 23.0 Å². The Bertz CT molecular complexity index is 1090. The third-order valence-electron chi connectivity index (χ3n) is 4.39. The van der Waals surface area contributed by atoms with Crippen LogP contribution in [0.3, 0.4) is 0 Å². The Balaban J connectivity index is 1.76. The lowest BCUT2D eigenvalue weighted by Gasteiger charge is -2.17. The number of nitrogens with one attached hydrogen (secondary N) is 2. The fourth-order valence-electron chi connectivity index (χ4n) is 3.00. The van der Waals surface area contributed by atoms with Gasteiger partial charge in [-0.1, -0.05) is 18.2 Å². The molecule has 2 aromatic carbocycles. The number of hydrogen-bond donors (Lipinski definition) is 3. The minimum absolute atomic E-state index is 0.185. The highest BCUT2D eigenvalue weighted by Gasteiger charge is 2.21. The molecule has 0 unspecified atom stereocenters. The molecule has 0 spiro atoms. The van der Waals surface area contributed by atoms with Crippen molar-refractivity contribution >= 4 is 11.8 Å². The Morgan fingerprint density at radius 3 is 2.06 bits per heavy atom. The number of aromatic hydroxyl groups is 1. The third kappa shape index (κ3) is 5.53. The van der Waals surface area contributed by atoms with Crippen molar-refractivity contribution in [2.45, 2.75) is 20.8 Å². The second-order valence-corrected chi connectivity index (χ2v) is 6.65. The summed E-state index contributed by atoms with van der Waals surface area (Å²) in [7, 11) is 0. The van der Waals surface area contributed by atoms with Crippen molar-refractivity contribution in [3.8, 4) is 28.7 Å². The summed E-state index contributed by atoms with van der Waals surface area (Å²) in [5.74, 6) is -0.629. The molecular weight excluding hydrogens is 428 g/mol. The number of rotatable bonds is 9. The second kappa shape index (κ2) is 10.9. The smallest absolute Gasteiger partial charge is 0.294 e. The third-order valence-corrected chi connectivity index (χ3v) is 4.39. The van der Waals surface area contributed by atoms with Gasteiger partial charge < -0.3 is 19.3 Å². The molecule has 3 N–H and O–H groups in total. The number of para-hydroxylation sites is 1. The Kier molecular flexibility index (Phi) is 7.74. The quantitative estimate of drug-likeness (QED) is 0.425. The minimum Gasteiger partial charge on any atom is -0.504 e. The largest absolute Gasteiger partial charge is 0.504 e. The summed E-state index contributed by atoms with van der Waals surface area (Å²) >= 11 is 0. The second-order valence-electron chi connectivity index (χ2n) is 6.65. The van der Waals surface area contributed by atoms with Crippen LogP contribution in [0.15, 0.2) is 48.7 Å². The highest BCUT2D eigenvalue weighted by Crippen LogP contribution is 2.39. The number of hydrogen-bond acceptors (Lipinski definition) is 7. The van der Waals surface area contributed by atoms with E-state index in [4.69, 9.17) is 14.2 Å². The van der Waals surface area contributed by atoms with Gasteiger partial charge in [0.15, 0.2) is 22.9 Å². The maximum atomic E-state index is 12.7. The maximum Gasteiger partial charge on any atom is 0.294 e. The van der Waals surface area contributed by atoms with Gasteiger partial charge in [-0.3, -0.25) is 20.4 Å². The van der Waals surface area contributed by atoms with E-state index in [0.29, 0.717) is 42.8 Å². The number of amides is 2. The van der Waals surface area contributed by atoms with Crippen LogP contribution in [-0.2, 0) is 0 Å². The van der Waals surface area contributed by atoms with Gasteiger partial charge in [0.2, 0.25) is 5.75 Å². The van der Waals surface area contributed by atoms with E-state index >= 15 is 0 Å². The predicted molar refractivity (Wildman–Crippen MR) is 120 cm³/mol. The average molecular weight is 454 g/mol. The van der Waals surface area contributed by atoms with Crippen LogP contribution in [0.2, 0.25) is 0 Å². The monoisotopic (exact) mass is 454 g/mol. The van der Waals surface area contributed by atoms with Crippen LogP contribution in [0.1, 0.15) is 41.6 Å². The van der Waals surface area contributed by atoms with E-state index in [1.54, 1.807) is 24.3 Å². The van der Waals surface area contributed by atoms with Crippen LogP contribution in [-0.4, -0.2) is 46.5 Å².